The Hall–Kier alpha value is -2.85. The van der Waals surface area contributed by atoms with Crippen molar-refractivity contribution in [2.45, 2.75) is 71.6 Å². The minimum Gasteiger partial charge on any atom is -0.206 e. The van der Waals surface area contributed by atoms with Crippen LogP contribution in [-0.2, 0) is 12.8 Å². The Morgan fingerprint density at radius 2 is 1.53 bits per heavy atom. The van der Waals surface area contributed by atoms with Gasteiger partial charge in [0.1, 0.15) is 5.82 Å². The highest BCUT2D eigenvalue weighted by molar-refractivity contribution is 5.85. The molecule has 0 atom stereocenters. The summed E-state index contributed by atoms with van der Waals surface area (Å²) in [6.45, 7) is 4.10. The van der Waals surface area contributed by atoms with Gasteiger partial charge in [0.2, 0.25) is 0 Å². The fraction of sp³-hybridized carbons (Fsp3) is 0.394. The molecule has 0 aliphatic heterocycles. The SMILES string of the molecule is C/C=C/CCC1CCC(CCc2ccc(C#Cc3ccc4c(F)c(CC)ccc4c3)cc2)CC1. The van der Waals surface area contributed by atoms with Crippen LogP contribution in [0.4, 0.5) is 4.39 Å². The molecule has 0 unspecified atom stereocenters. The molecule has 1 saturated carbocycles. The minimum atomic E-state index is -0.104. The fourth-order valence-corrected chi connectivity index (χ4v) is 5.27. The van der Waals surface area contributed by atoms with Gasteiger partial charge in [-0.25, -0.2) is 4.39 Å². The molecule has 1 aliphatic rings. The molecule has 4 rings (SSSR count). The monoisotopic (exact) mass is 452 g/mol. The number of hydrogen-bond donors (Lipinski definition) is 0. The first-order valence-electron chi connectivity index (χ1n) is 13.1. The van der Waals surface area contributed by atoms with E-state index >= 15 is 0 Å². The summed E-state index contributed by atoms with van der Waals surface area (Å²) >= 11 is 0. The highest BCUT2D eigenvalue weighted by Gasteiger charge is 2.20. The molecule has 176 valence electrons. The van der Waals surface area contributed by atoms with Crippen LogP contribution in [0.15, 0.2) is 66.7 Å². The van der Waals surface area contributed by atoms with Crippen LogP contribution in [0.1, 0.15) is 81.0 Å². The molecule has 3 aromatic carbocycles. The number of aryl methyl sites for hydroxylation is 2. The maximum atomic E-state index is 14.5. The van der Waals surface area contributed by atoms with E-state index in [0.717, 1.165) is 40.3 Å². The van der Waals surface area contributed by atoms with Crippen LogP contribution < -0.4 is 0 Å². The largest absolute Gasteiger partial charge is 0.206 e. The predicted octanol–water partition coefficient (Wildman–Crippen LogP) is 9.04. The van der Waals surface area contributed by atoms with E-state index in [0.29, 0.717) is 11.8 Å². The van der Waals surface area contributed by atoms with Crippen molar-refractivity contribution in [3.8, 4) is 11.8 Å². The summed E-state index contributed by atoms with van der Waals surface area (Å²) in [5.74, 6) is 8.26. The van der Waals surface area contributed by atoms with Gasteiger partial charge in [0, 0.05) is 16.5 Å². The molecular weight excluding hydrogens is 415 g/mol. The van der Waals surface area contributed by atoms with Crippen molar-refractivity contribution in [3.05, 3.63) is 94.8 Å². The molecule has 0 saturated heterocycles. The molecule has 0 radical (unpaired) electrons. The standard InChI is InChI=1S/C33H37F/c1-3-5-6-7-25-8-10-26(11-9-25)12-13-27-14-16-28(17-15-27)18-19-29-20-23-32-31(24-29)22-21-30(4-2)33(32)34/h3,5,14-17,20-26H,4,6-13H2,1-2H3/b5-3+. The highest BCUT2D eigenvalue weighted by atomic mass is 19.1. The van der Waals surface area contributed by atoms with Crippen molar-refractivity contribution in [3.63, 3.8) is 0 Å². The van der Waals surface area contributed by atoms with Crippen molar-refractivity contribution in [2.24, 2.45) is 11.8 Å². The number of fused-ring (bicyclic) bond motifs is 1. The lowest BCUT2D eigenvalue weighted by Gasteiger charge is -2.28. The number of benzene rings is 3. The average Bonchev–Trinajstić information content (AvgIpc) is 2.88. The third-order valence-electron chi connectivity index (χ3n) is 7.50. The van der Waals surface area contributed by atoms with Crippen LogP contribution in [0.3, 0.4) is 0 Å². The Morgan fingerprint density at radius 1 is 0.853 bits per heavy atom. The number of allylic oxidation sites excluding steroid dienone is 2. The fourth-order valence-electron chi connectivity index (χ4n) is 5.27. The number of rotatable bonds is 7. The minimum absolute atomic E-state index is 0.104. The Kier molecular flexibility index (Phi) is 8.59. The van der Waals surface area contributed by atoms with Gasteiger partial charge < -0.3 is 0 Å². The summed E-state index contributed by atoms with van der Waals surface area (Å²) in [4.78, 5) is 0. The molecule has 0 bridgehead atoms. The molecule has 0 amide bonds. The van der Waals surface area contributed by atoms with Crippen molar-refractivity contribution in [2.75, 3.05) is 0 Å². The molecule has 0 heterocycles. The highest BCUT2D eigenvalue weighted by Crippen LogP contribution is 2.34. The van der Waals surface area contributed by atoms with Gasteiger partial charge in [-0.15, -0.1) is 0 Å². The third kappa shape index (κ3) is 6.38. The van der Waals surface area contributed by atoms with Gasteiger partial charge >= 0.3 is 0 Å². The predicted molar refractivity (Wildman–Crippen MR) is 144 cm³/mol. The molecule has 1 heteroatoms. The van der Waals surface area contributed by atoms with E-state index in [1.165, 1.54) is 50.5 Å². The third-order valence-corrected chi connectivity index (χ3v) is 7.50. The molecule has 1 aliphatic carbocycles. The van der Waals surface area contributed by atoms with Gasteiger partial charge in [-0.1, -0.05) is 86.9 Å². The lowest BCUT2D eigenvalue weighted by molar-refractivity contribution is 0.254. The van der Waals surface area contributed by atoms with Crippen LogP contribution >= 0.6 is 0 Å². The van der Waals surface area contributed by atoms with Crippen LogP contribution in [-0.4, -0.2) is 0 Å². The molecule has 0 spiro atoms. The Labute approximate surface area is 205 Å². The smallest absolute Gasteiger partial charge is 0.134 e. The van der Waals surface area contributed by atoms with Crippen LogP contribution in [0.2, 0.25) is 0 Å². The van der Waals surface area contributed by atoms with Crippen molar-refractivity contribution >= 4 is 10.8 Å². The summed E-state index contributed by atoms with van der Waals surface area (Å²) in [6, 6.07) is 18.4. The van der Waals surface area contributed by atoms with Crippen molar-refractivity contribution in [1.82, 2.24) is 0 Å². The van der Waals surface area contributed by atoms with E-state index in [-0.39, 0.29) is 5.82 Å². The van der Waals surface area contributed by atoms with Gasteiger partial charge in [-0.05, 0) is 91.6 Å². The van der Waals surface area contributed by atoms with E-state index < -0.39 is 0 Å². The van der Waals surface area contributed by atoms with Crippen molar-refractivity contribution in [1.29, 1.82) is 0 Å². The normalized spacial score (nSPS) is 18.2. The summed E-state index contributed by atoms with van der Waals surface area (Å²) in [5, 5.41) is 1.58. The first kappa shape index (κ1) is 24.3. The van der Waals surface area contributed by atoms with Gasteiger partial charge in [-0.3, -0.25) is 0 Å². The Bertz CT molecular complexity index is 1160. The van der Waals surface area contributed by atoms with Crippen LogP contribution in [0.25, 0.3) is 10.8 Å². The molecule has 3 aromatic rings. The number of hydrogen-bond acceptors (Lipinski definition) is 0. The molecular formula is C33H37F. The van der Waals surface area contributed by atoms with E-state index in [2.05, 4.69) is 55.2 Å². The van der Waals surface area contributed by atoms with Gasteiger partial charge in [0.15, 0.2) is 0 Å². The van der Waals surface area contributed by atoms with E-state index in [4.69, 9.17) is 0 Å². The Morgan fingerprint density at radius 3 is 2.24 bits per heavy atom. The summed E-state index contributed by atoms with van der Waals surface area (Å²) in [6.07, 6.45) is 15.9. The van der Waals surface area contributed by atoms with E-state index in [9.17, 15) is 4.39 Å². The lowest BCUT2D eigenvalue weighted by Crippen LogP contribution is -2.15. The van der Waals surface area contributed by atoms with Gasteiger partial charge in [-0.2, -0.15) is 0 Å². The van der Waals surface area contributed by atoms with Gasteiger partial charge in [0.25, 0.3) is 0 Å². The summed E-state index contributed by atoms with van der Waals surface area (Å²) in [7, 11) is 0. The van der Waals surface area contributed by atoms with E-state index in [1.807, 2.05) is 37.3 Å². The molecule has 0 aromatic heterocycles. The second-order valence-electron chi connectivity index (χ2n) is 9.85. The first-order valence-corrected chi connectivity index (χ1v) is 13.1. The van der Waals surface area contributed by atoms with Crippen molar-refractivity contribution < 1.29 is 4.39 Å². The van der Waals surface area contributed by atoms with Gasteiger partial charge in [0.05, 0.1) is 0 Å². The first-order chi connectivity index (χ1) is 16.7. The maximum Gasteiger partial charge on any atom is 0.134 e. The Balaban J connectivity index is 1.29. The van der Waals surface area contributed by atoms with Crippen LogP contribution in [0, 0.1) is 29.5 Å². The summed E-state index contributed by atoms with van der Waals surface area (Å²) in [5.41, 5.74) is 4.12. The van der Waals surface area contributed by atoms with Crippen LogP contribution in [0.5, 0.6) is 0 Å². The zero-order valence-electron chi connectivity index (χ0n) is 20.7. The zero-order chi connectivity index (χ0) is 23.8. The second-order valence-corrected chi connectivity index (χ2v) is 9.85. The molecule has 34 heavy (non-hydrogen) atoms. The maximum absolute atomic E-state index is 14.5. The second kappa shape index (κ2) is 12.0. The molecule has 1 fully saturated rings. The average molecular weight is 453 g/mol. The molecule has 0 N–H and O–H groups in total. The topological polar surface area (TPSA) is 0 Å². The quantitative estimate of drug-likeness (QED) is 0.248. The molecule has 0 nitrogen and oxygen atoms in total. The zero-order valence-corrected chi connectivity index (χ0v) is 20.7. The lowest BCUT2D eigenvalue weighted by atomic mass is 9.78. The number of halogens is 1. The summed E-state index contributed by atoms with van der Waals surface area (Å²) < 4.78 is 14.5. The van der Waals surface area contributed by atoms with E-state index in [1.54, 1.807) is 0 Å².